The molecule has 4 nitrogen and oxygen atoms in total. The summed E-state index contributed by atoms with van der Waals surface area (Å²) in [5.41, 5.74) is 1.85. The highest BCUT2D eigenvalue weighted by Gasteiger charge is 2.14. The van der Waals surface area contributed by atoms with E-state index in [-0.39, 0.29) is 0 Å². The average molecular weight is 217 g/mol. The van der Waals surface area contributed by atoms with Crippen LogP contribution in [0.2, 0.25) is 0 Å². The summed E-state index contributed by atoms with van der Waals surface area (Å²) < 4.78 is 10.2. The minimum absolute atomic E-state index is 0.478. The Labute approximate surface area is 92.8 Å². The monoisotopic (exact) mass is 217 g/mol. The van der Waals surface area contributed by atoms with Crippen LogP contribution in [0, 0.1) is 6.92 Å². The lowest BCUT2D eigenvalue weighted by Gasteiger charge is -2.01. The molecule has 4 heteroatoms. The van der Waals surface area contributed by atoms with Gasteiger partial charge in [0, 0.05) is 5.56 Å². The number of carbonyl (C=O) groups excluding carboxylic acids is 1. The fourth-order valence-corrected chi connectivity index (χ4v) is 1.49. The molecule has 0 fully saturated rings. The minimum atomic E-state index is 0.478. The van der Waals surface area contributed by atoms with E-state index in [1.54, 1.807) is 20.1 Å². The van der Waals surface area contributed by atoms with E-state index < -0.39 is 0 Å². The SMILES string of the molecule is COc1cccc(-c2onc(C)c2C=O)c1. The highest BCUT2D eigenvalue weighted by Crippen LogP contribution is 2.27. The quantitative estimate of drug-likeness (QED) is 0.741. The van der Waals surface area contributed by atoms with Crippen LogP contribution in [0.4, 0.5) is 0 Å². The first-order valence-electron chi connectivity index (χ1n) is 4.82. The van der Waals surface area contributed by atoms with E-state index in [0.29, 0.717) is 22.8 Å². The molecule has 2 aromatic rings. The molecule has 82 valence electrons. The summed E-state index contributed by atoms with van der Waals surface area (Å²) in [7, 11) is 1.59. The zero-order valence-corrected chi connectivity index (χ0v) is 9.06. The van der Waals surface area contributed by atoms with Gasteiger partial charge in [0.05, 0.1) is 18.4 Å². The summed E-state index contributed by atoms with van der Waals surface area (Å²) in [5.74, 6) is 1.19. The topological polar surface area (TPSA) is 52.3 Å². The Kier molecular flexibility index (Phi) is 2.72. The molecule has 0 spiro atoms. The van der Waals surface area contributed by atoms with Crippen LogP contribution in [0.15, 0.2) is 28.8 Å². The largest absolute Gasteiger partial charge is 0.497 e. The van der Waals surface area contributed by atoms with Crippen molar-refractivity contribution in [3.05, 3.63) is 35.5 Å². The number of methoxy groups -OCH3 is 1. The third-order valence-corrected chi connectivity index (χ3v) is 2.36. The highest BCUT2D eigenvalue weighted by molar-refractivity contribution is 5.86. The lowest BCUT2D eigenvalue weighted by molar-refractivity contribution is 0.112. The number of carbonyl (C=O) groups is 1. The lowest BCUT2D eigenvalue weighted by atomic mass is 10.1. The van der Waals surface area contributed by atoms with Crippen molar-refractivity contribution in [1.82, 2.24) is 5.16 Å². The van der Waals surface area contributed by atoms with Crippen molar-refractivity contribution in [2.75, 3.05) is 7.11 Å². The summed E-state index contributed by atoms with van der Waals surface area (Å²) in [5, 5.41) is 3.77. The molecular formula is C12H11NO3. The molecule has 0 radical (unpaired) electrons. The van der Waals surface area contributed by atoms with E-state index in [0.717, 1.165) is 11.8 Å². The highest BCUT2D eigenvalue weighted by atomic mass is 16.5. The summed E-state index contributed by atoms with van der Waals surface area (Å²) >= 11 is 0. The number of hydrogen-bond donors (Lipinski definition) is 0. The van der Waals surface area contributed by atoms with Crippen LogP contribution in [-0.2, 0) is 0 Å². The third-order valence-electron chi connectivity index (χ3n) is 2.36. The molecule has 0 N–H and O–H groups in total. The molecule has 0 unspecified atom stereocenters. The van der Waals surface area contributed by atoms with Gasteiger partial charge in [-0.2, -0.15) is 0 Å². The molecule has 1 heterocycles. The molecule has 0 atom stereocenters. The van der Waals surface area contributed by atoms with Crippen LogP contribution in [0.1, 0.15) is 16.1 Å². The average Bonchev–Trinajstić information content (AvgIpc) is 2.70. The minimum Gasteiger partial charge on any atom is -0.497 e. The number of nitrogens with zero attached hydrogens (tertiary/aromatic N) is 1. The van der Waals surface area contributed by atoms with Crippen molar-refractivity contribution in [1.29, 1.82) is 0 Å². The Balaban J connectivity index is 2.53. The summed E-state index contributed by atoms with van der Waals surface area (Å²) in [4.78, 5) is 10.9. The van der Waals surface area contributed by atoms with Crippen molar-refractivity contribution in [2.24, 2.45) is 0 Å². The van der Waals surface area contributed by atoms with Crippen molar-refractivity contribution >= 4 is 6.29 Å². The zero-order chi connectivity index (χ0) is 11.5. The van der Waals surface area contributed by atoms with Gasteiger partial charge in [-0.3, -0.25) is 4.79 Å². The van der Waals surface area contributed by atoms with Crippen molar-refractivity contribution in [2.45, 2.75) is 6.92 Å². The van der Waals surface area contributed by atoms with Crippen LogP contribution in [0.3, 0.4) is 0 Å². The van der Waals surface area contributed by atoms with Gasteiger partial charge in [-0.05, 0) is 19.1 Å². The molecule has 0 aliphatic heterocycles. The van der Waals surface area contributed by atoms with Crippen LogP contribution in [0.25, 0.3) is 11.3 Å². The Hall–Kier alpha value is -2.10. The second kappa shape index (κ2) is 4.18. The number of ether oxygens (including phenoxy) is 1. The molecular weight excluding hydrogens is 206 g/mol. The van der Waals surface area contributed by atoms with Crippen LogP contribution in [0.5, 0.6) is 5.75 Å². The fraction of sp³-hybridized carbons (Fsp3) is 0.167. The number of aromatic nitrogens is 1. The van der Waals surface area contributed by atoms with Gasteiger partial charge in [0.15, 0.2) is 12.0 Å². The number of aldehydes is 1. The van der Waals surface area contributed by atoms with Gasteiger partial charge in [0.25, 0.3) is 0 Å². The summed E-state index contributed by atoms with van der Waals surface area (Å²) in [6, 6.07) is 7.30. The smallest absolute Gasteiger partial charge is 0.177 e. The molecule has 1 aromatic heterocycles. The molecule has 0 amide bonds. The first-order valence-corrected chi connectivity index (χ1v) is 4.82. The number of rotatable bonds is 3. The van der Waals surface area contributed by atoms with Crippen LogP contribution >= 0.6 is 0 Å². The normalized spacial score (nSPS) is 10.1. The second-order valence-corrected chi connectivity index (χ2v) is 3.36. The van der Waals surface area contributed by atoms with Gasteiger partial charge in [-0.15, -0.1) is 0 Å². The summed E-state index contributed by atoms with van der Waals surface area (Å²) in [6.45, 7) is 1.73. The Morgan fingerprint density at radius 2 is 2.25 bits per heavy atom. The Bertz CT molecular complexity index is 517. The molecule has 0 aliphatic rings. The van der Waals surface area contributed by atoms with Crippen LogP contribution in [-0.4, -0.2) is 18.6 Å². The molecule has 16 heavy (non-hydrogen) atoms. The van der Waals surface area contributed by atoms with Gasteiger partial charge < -0.3 is 9.26 Å². The molecule has 0 saturated carbocycles. The maximum absolute atomic E-state index is 10.9. The van der Waals surface area contributed by atoms with E-state index in [2.05, 4.69) is 5.16 Å². The first-order chi connectivity index (χ1) is 7.76. The predicted molar refractivity (Wildman–Crippen MR) is 58.6 cm³/mol. The Morgan fingerprint density at radius 1 is 1.44 bits per heavy atom. The summed E-state index contributed by atoms with van der Waals surface area (Å²) in [6.07, 6.45) is 0.751. The van der Waals surface area contributed by atoms with Gasteiger partial charge in [-0.1, -0.05) is 17.3 Å². The molecule has 0 bridgehead atoms. The fourth-order valence-electron chi connectivity index (χ4n) is 1.49. The molecule has 0 saturated heterocycles. The van der Waals surface area contributed by atoms with Crippen molar-refractivity contribution in [3.8, 4) is 17.1 Å². The van der Waals surface area contributed by atoms with E-state index in [9.17, 15) is 4.79 Å². The van der Waals surface area contributed by atoms with Crippen molar-refractivity contribution < 1.29 is 14.1 Å². The molecule has 1 aromatic carbocycles. The number of aryl methyl sites for hydroxylation is 1. The Morgan fingerprint density at radius 3 is 2.94 bits per heavy atom. The maximum atomic E-state index is 10.9. The van der Waals surface area contributed by atoms with Gasteiger partial charge in [0.2, 0.25) is 0 Å². The number of hydrogen-bond acceptors (Lipinski definition) is 4. The van der Waals surface area contributed by atoms with Crippen LogP contribution < -0.4 is 4.74 Å². The van der Waals surface area contributed by atoms with E-state index in [4.69, 9.17) is 9.26 Å². The van der Waals surface area contributed by atoms with Gasteiger partial charge in [-0.25, -0.2) is 0 Å². The van der Waals surface area contributed by atoms with E-state index in [1.807, 2.05) is 18.2 Å². The lowest BCUT2D eigenvalue weighted by Crippen LogP contribution is -1.86. The second-order valence-electron chi connectivity index (χ2n) is 3.36. The van der Waals surface area contributed by atoms with Crippen molar-refractivity contribution in [3.63, 3.8) is 0 Å². The van der Waals surface area contributed by atoms with E-state index >= 15 is 0 Å². The predicted octanol–water partition coefficient (Wildman–Crippen LogP) is 2.47. The number of benzene rings is 1. The third kappa shape index (κ3) is 1.69. The standard InChI is InChI=1S/C12H11NO3/c1-8-11(7-14)12(16-13-8)9-4-3-5-10(6-9)15-2/h3-7H,1-2H3. The first kappa shape index (κ1) is 10.4. The zero-order valence-electron chi connectivity index (χ0n) is 9.06. The molecule has 2 rings (SSSR count). The van der Waals surface area contributed by atoms with Gasteiger partial charge in [0.1, 0.15) is 5.75 Å². The van der Waals surface area contributed by atoms with E-state index in [1.165, 1.54) is 0 Å². The maximum Gasteiger partial charge on any atom is 0.177 e. The molecule has 0 aliphatic carbocycles. The van der Waals surface area contributed by atoms with Gasteiger partial charge >= 0.3 is 0 Å².